The van der Waals surface area contributed by atoms with Crippen LogP contribution < -0.4 is 4.74 Å². The maximum atomic E-state index is 13.5. The highest BCUT2D eigenvalue weighted by Gasteiger charge is 2.42. The molecule has 32 heavy (non-hydrogen) atoms. The van der Waals surface area contributed by atoms with Gasteiger partial charge in [-0.1, -0.05) is 32.0 Å². The van der Waals surface area contributed by atoms with Crippen molar-refractivity contribution >= 4 is 17.4 Å². The van der Waals surface area contributed by atoms with E-state index in [-0.39, 0.29) is 18.4 Å². The summed E-state index contributed by atoms with van der Waals surface area (Å²) in [6.07, 6.45) is 3.37. The van der Waals surface area contributed by atoms with Gasteiger partial charge in [0.25, 0.3) is 11.8 Å². The highest BCUT2D eigenvalue weighted by atomic mass is 16.5. The zero-order valence-corrected chi connectivity index (χ0v) is 19.0. The van der Waals surface area contributed by atoms with Gasteiger partial charge >= 0.3 is 0 Å². The lowest BCUT2D eigenvalue weighted by Crippen LogP contribution is -2.46. The number of ether oxygens (including phenoxy) is 1. The molecular weight excluding hydrogens is 404 g/mol. The van der Waals surface area contributed by atoms with Crippen molar-refractivity contribution in [3.8, 4) is 5.75 Å². The van der Waals surface area contributed by atoms with Gasteiger partial charge < -0.3 is 14.5 Å². The second kappa shape index (κ2) is 9.53. The molecule has 1 aromatic heterocycles. The summed E-state index contributed by atoms with van der Waals surface area (Å²) < 4.78 is 5.79. The number of aromatic nitrogens is 1. The first-order valence-corrected chi connectivity index (χ1v) is 11.1. The number of imide groups is 1. The van der Waals surface area contributed by atoms with Gasteiger partial charge in [0.1, 0.15) is 11.4 Å². The van der Waals surface area contributed by atoms with Crippen LogP contribution in [0.1, 0.15) is 25.0 Å². The van der Waals surface area contributed by atoms with E-state index in [1.54, 1.807) is 12.4 Å². The van der Waals surface area contributed by atoms with Crippen LogP contribution in [0, 0.1) is 5.92 Å². The van der Waals surface area contributed by atoms with Gasteiger partial charge in [-0.3, -0.25) is 19.5 Å². The predicted molar refractivity (Wildman–Crippen MR) is 123 cm³/mol. The summed E-state index contributed by atoms with van der Waals surface area (Å²) in [5, 5.41) is 0. The molecule has 0 aliphatic carbocycles. The van der Waals surface area contributed by atoms with Gasteiger partial charge in [0.05, 0.1) is 18.7 Å². The molecule has 2 aromatic rings. The molecule has 2 aliphatic rings. The molecule has 0 saturated carbocycles. The van der Waals surface area contributed by atoms with Gasteiger partial charge in [-0.25, -0.2) is 0 Å². The number of likely N-dealkylation sites (N-methyl/N-ethyl adjacent to an activating group) is 1. The minimum Gasteiger partial charge on any atom is -0.493 e. The fourth-order valence-electron chi connectivity index (χ4n) is 3.95. The molecule has 7 heteroatoms. The van der Waals surface area contributed by atoms with Crippen LogP contribution in [0.5, 0.6) is 5.75 Å². The Labute approximate surface area is 189 Å². The Morgan fingerprint density at radius 2 is 1.72 bits per heavy atom. The Balaban J connectivity index is 1.66. The maximum absolute atomic E-state index is 13.5. The number of nitrogens with zero attached hydrogens (tertiary/aromatic N) is 4. The second-order valence-electron chi connectivity index (χ2n) is 8.80. The monoisotopic (exact) mass is 434 g/mol. The summed E-state index contributed by atoms with van der Waals surface area (Å²) in [6.45, 7) is 8.16. The van der Waals surface area contributed by atoms with E-state index >= 15 is 0 Å². The second-order valence-corrected chi connectivity index (χ2v) is 8.80. The highest BCUT2D eigenvalue weighted by molar-refractivity contribution is 6.35. The lowest BCUT2D eigenvalue weighted by Gasteiger charge is -2.34. The fourth-order valence-corrected chi connectivity index (χ4v) is 3.95. The molecule has 1 fully saturated rings. The van der Waals surface area contributed by atoms with Crippen LogP contribution in [0.25, 0.3) is 5.57 Å². The first-order chi connectivity index (χ1) is 15.4. The van der Waals surface area contributed by atoms with Gasteiger partial charge in [-0.05, 0) is 42.3 Å². The number of carbonyl (C=O) groups excluding carboxylic acids is 2. The zero-order chi connectivity index (χ0) is 22.7. The van der Waals surface area contributed by atoms with Crippen molar-refractivity contribution < 1.29 is 14.3 Å². The summed E-state index contributed by atoms with van der Waals surface area (Å²) in [7, 11) is 2.07. The highest BCUT2D eigenvalue weighted by Crippen LogP contribution is 2.33. The predicted octanol–water partition coefficient (Wildman–Crippen LogP) is 2.64. The molecule has 0 N–H and O–H groups in total. The van der Waals surface area contributed by atoms with E-state index in [2.05, 4.69) is 35.7 Å². The first kappa shape index (κ1) is 22.0. The Morgan fingerprint density at radius 3 is 2.34 bits per heavy atom. The quantitative estimate of drug-likeness (QED) is 0.625. The molecule has 2 aliphatic heterocycles. The molecule has 0 spiro atoms. The van der Waals surface area contributed by atoms with Gasteiger partial charge in [0.15, 0.2) is 0 Å². The summed E-state index contributed by atoms with van der Waals surface area (Å²) in [4.78, 5) is 36.7. The summed E-state index contributed by atoms with van der Waals surface area (Å²) >= 11 is 0. The number of amides is 2. The van der Waals surface area contributed by atoms with Gasteiger partial charge in [0, 0.05) is 38.6 Å². The number of carbonyl (C=O) groups is 2. The number of pyridine rings is 1. The van der Waals surface area contributed by atoms with E-state index in [1.165, 1.54) is 4.90 Å². The van der Waals surface area contributed by atoms with E-state index in [0.717, 1.165) is 30.0 Å². The van der Waals surface area contributed by atoms with Crippen molar-refractivity contribution in [3.63, 3.8) is 0 Å². The lowest BCUT2D eigenvalue weighted by molar-refractivity contribution is -0.138. The number of rotatable bonds is 7. The Kier molecular flexibility index (Phi) is 6.55. The average Bonchev–Trinajstić information content (AvgIpc) is 3.04. The molecule has 0 bridgehead atoms. The molecule has 1 aromatic carbocycles. The topological polar surface area (TPSA) is 66.0 Å². The molecule has 1 saturated heterocycles. The number of benzene rings is 1. The summed E-state index contributed by atoms with van der Waals surface area (Å²) in [5.74, 6) is 0.687. The zero-order valence-electron chi connectivity index (χ0n) is 19.0. The summed E-state index contributed by atoms with van der Waals surface area (Å²) in [5.41, 5.74) is 2.54. The van der Waals surface area contributed by atoms with E-state index in [4.69, 9.17) is 4.74 Å². The first-order valence-electron chi connectivity index (χ1n) is 11.1. The van der Waals surface area contributed by atoms with Crippen LogP contribution in [0.2, 0.25) is 0 Å². The van der Waals surface area contributed by atoms with Crippen molar-refractivity contribution in [1.82, 2.24) is 19.7 Å². The number of hydrogen-bond acceptors (Lipinski definition) is 6. The smallest absolute Gasteiger partial charge is 0.278 e. The van der Waals surface area contributed by atoms with Crippen molar-refractivity contribution in [1.29, 1.82) is 0 Å². The third-order valence-corrected chi connectivity index (χ3v) is 5.75. The van der Waals surface area contributed by atoms with Crippen LogP contribution in [0.4, 0.5) is 0 Å². The largest absolute Gasteiger partial charge is 0.493 e. The number of hydrogen-bond donors (Lipinski definition) is 0. The molecule has 168 valence electrons. The van der Waals surface area contributed by atoms with E-state index in [9.17, 15) is 9.59 Å². The summed E-state index contributed by atoms with van der Waals surface area (Å²) in [6, 6.07) is 11.2. The third kappa shape index (κ3) is 4.67. The van der Waals surface area contributed by atoms with Crippen molar-refractivity contribution in [2.45, 2.75) is 20.4 Å². The molecule has 0 unspecified atom stereocenters. The average molecular weight is 435 g/mol. The van der Waals surface area contributed by atoms with E-state index in [1.807, 2.05) is 36.4 Å². The minimum atomic E-state index is -0.261. The maximum Gasteiger partial charge on any atom is 0.278 e. The third-order valence-electron chi connectivity index (χ3n) is 5.75. The van der Waals surface area contributed by atoms with Crippen molar-refractivity contribution in [3.05, 3.63) is 65.6 Å². The van der Waals surface area contributed by atoms with Crippen molar-refractivity contribution in [2.24, 2.45) is 5.92 Å². The Morgan fingerprint density at radius 1 is 1.00 bits per heavy atom. The van der Waals surface area contributed by atoms with Gasteiger partial charge in [0.2, 0.25) is 0 Å². The van der Waals surface area contributed by atoms with Crippen LogP contribution in [-0.2, 0) is 16.1 Å². The van der Waals surface area contributed by atoms with E-state index in [0.29, 0.717) is 36.9 Å². The molecule has 0 radical (unpaired) electrons. The van der Waals surface area contributed by atoms with Crippen molar-refractivity contribution in [2.75, 3.05) is 39.8 Å². The molecule has 4 rings (SSSR count). The van der Waals surface area contributed by atoms with Crippen LogP contribution >= 0.6 is 0 Å². The molecule has 7 nitrogen and oxygen atoms in total. The SMILES string of the molecule is CC(C)COc1ccc(C2=C(N3CCN(C)CC3)C(=O)N(Cc3cccnc3)C2=O)cc1. The Bertz CT molecular complexity index is 994. The normalized spacial score (nSPS) is 17.6. The standard InChI is InChI=1S/C25H30N4O3/c1-18(2)17-32-21-8-6-20(7-9-21)22-23(28-13-11-27(3)12-14-28)25(31)29(24(22)30)16-19-5-4-10-26-15-19/h4-10,15,18H,11-14,16-17H2,1-3H3. The molecular formula is C25H30N4O3. The van der Waals surface area contributed by atoms with Crippen LogP contribution in [-0.4, -0.2) is 71.3 Å². The van der Waals surface area contributed by atoms with Gasteiger partial charge in [-0.2, -0.15) is 0 Å². The van der Waals surface area contributed by atoms with E-state index < -0.39 is 0 Å². The number of piperazine rings is 1. The minimum absolute atomic E-state index is 0.210. The van der Waals surface area contributed by atoms with Crippen LogP contribution in [0.3, 0.4) is 0 Å². The molecule has 2 amide bonds. The van der Waals surface area contributed by atoms with Gasteiger partial charge in [-0.15, -0.1) is 0 Å². The fraction of sp³-hybridized carbons (Fsp3) is 0.400. The molecule has 3 heterocycles. The Hall–Kier alpha value is -3.19. The lowest BCUT2D eigenvalue weighted by atomic mass is 10.0. The van der Waals surface area contributed by atoms with Crippen LogP contribution in [0.15, 0.2) is 54.5 Å². The molecule has 0 atom stereocenters.